The standard InChI is InChI=1S/C13H14O3.C8H19N/c14-12(15)7-9-2-1-8-3-4-11-10(13(8)9)5-6-16-11;1-3-4-5-6-7-8(2)9/h3-4,9H,1-2,5-7H2,(H,14,15);8H,3-7,9H2,1-2H3/t9-;8-/m10/s1. The zero-order chi connectivity index (χ0) is 18.2. The third-order valence-corrected chi connectivity index (χ3v) is 5.12. The summed E-state index contributed by atoms with van der Waals surface area (Å²) in [6, 6.07) is 4.54. The number of carboxylic acids is 1. The molecule has 25 heavy (non-hydrogen) atoms. The Balaban J connectivity index is 0.000000217. The van der Waals surface area contributed by atoms with Crippen molar-refractivity contribution in [3.05, 3.63) is 28.8 Å². The van der Waals surface area contributed by atoms with Gasteiger partial charge in [-0.25, -0.2) is 0 Å². The van der Waals surface area contributed by atoms with Crippen LogP contribution >= 0.6 is 0 Å². The molecule has 0 saturated heterocycles. The van der Waals surface area contributed by atoms with E-state index in [0.717, 1.165) is 31.6 Å². The lowest BCUT2D eigenvalue weighted by Gasteiger charge is -2.12. The molecule has 4 heteroatoms. The third kappa shape index (κ3) is 5.74. The van der Waals surface area contributed by atoms with Crippen LogP contribution in [0.1, 0.15) is 81.4 Å². The molecule has 1 aliphatic carbocycles. The monoisotopic (exact) mass is 347 g/mol. The molecule has 0 spiro atoms. The van der Waals surface area contributed by atoms with Gasteiger partial charge in [-0.1, -0.05) is 38.7 Å². The molecule has 0 radical (unpaired) electrons. The van der Waals surface area contributed by atoms with Crippen molar-refractivity contribution in [2.45, 2.75) is 83.6 Å². The van der Waals surface area contributed by atoms with Crippen LogP contribution in [-0.4, -0.2) is 23.7 Å². The molecule has 0 saturated carbocycles. The van der Waals surface area contributed by atoms with E-state index in [2.05, 4.69) is 19.9 Å². The highest BCUT2D eigenvalue weighted by atomic mass is 16.5. The normalized spacial score (nSPS) is 18.6. The second-order valence-electron chi connectivity index (χ2n) is 7.37. The summed E-state index contributed by atoms with van der Waals surface area (Å²) in [4.78, 5) is 10.8. The van der Waals surface area contributed by atoms with Crippen molar-refractivity contribution in [1.29, 1.82) is 0 Å². The van der Waals surface area contributed by atoms with Gasteiger partial charge in [0.25, 0.3) is 0 Å². The van der Waals surface area contributed by atoms with E-state index in [1.807, 2.05) is 6.07 Å². The Hall–Kier alpha value is -1.55. The molecular weight excluding hydrogens is 314 g/mol. The van der Waals surface area contributed by atoms with Crippen molar-refractivity contribution in [1.82, 2.24) is 0 Å². The fraction of sp³-hybridized carbons (Fsp3) is 0.667. The van der Waals surface area contributed by atoms with Gasteiger partial charge in [-0.15, -0.1) is 0 Å². The van der Waals surface area contributed by atoms with Crippen LogP contribution in [0.3, 0.4) is 0 Å². The second kappa shape index (κ2) is 9.81. The number of nitrogens with two attached hydrogens (primary N) is 1. The van der Waals surface area contributed by atoms with Crippen molar-refractivity contribution in [2.75, 3.05) is 6.61 Å². The first-order valence-electron chi connectivity index (χ1n) is 9.77. The molecule has 4 nitrogen and oxygen atoms in total. The average molecular weight is 347 g/mol. The SMILES string of the molecule is CCCCCC[C@H](C)N.O=C(O)C[C@H]1CCc2ccc3c(c21)CCO3. The maximum Gasteiger partial charge on any atom is 0.303 e. The molecule has 2 atom stereocenters. The molecule has 0 unspecified atom stereocenters. The molecule has 0 amide bonds. The number of unbranched alkanes of at least 4 members (excludes halogenated alkanes) is 3. The molecule has 0 fully saturated rings. The van der Waals surface area contributed by atoms with E-state index < -0.39 is 5.97 Å². The number of rotatable bonds is 7. The first kappa shape index (κ1) is 19.8. The number of benzene rings is 1. The third-order valence-electron chi connectivity index (χ3n) is 5.12. The Bertz CT molecular complexity index is 569. The molecule has 1 aromatic rings. The zero-order valence-corrected chi connectivity index (χ0v) is 15.7. The van der Waals surface area contributed by atoms with Gasteiger partial charge in [0, 0.05) is 18.0 Å². The van der Waals surface area contributed by atoms with Gasteiger partial charge in [0.2, 0.25) is 0 Å². The summed E-state index contributed by atoms with van der Waals surface area (Å²) in [5, 5.41) is 8.92. The van der Waals surface area contributed by atoms with Crippen molar-refractivity contribution < 1.29 is 14.6 Å². The number of carboxylic acid groups (broad SMARTS) is 1. The molecule has 1 aliphatic heterocycles. The summed E-state index contributed by atoms with van der Waals surface area (Å²) >= 11 is 0. The van der Waals surface area contributed by atoms with E-state index in [-0.39, 0.29) is 12.3 Å². The van der Waals surface area contributed by atoms with Crippen molar-refractivity contribution >= 4 is 5.97 Å². The second-order valence-corrected chi connectivity index (χ2v) is 7.37. The topological polar surface area (TPSA) is 72.6 Å². The van der Waals surface area contributed by atoms with Crippen LogP contribution in [0.2, 0.25) is 0 Å². The number of hydrogen-bond donors (Lipinski definition) is 2. The molecule has 0 bridgehead atoms. The van der Waals surface area contributed by atoms with Gasteiger partial charge in [0.1, 0.15) is 5.75 Å². The number of ether oxygens (including phenoxy) is 1. The van der Waals surface area contributed by atoms with E-state index in [1.165, 1.54) is 48.8 Å². The summed E-state index contributed by atoms with van der Waals surface area (Å²) in [5.74, 6) is 0.467. The first-order valence-corrected chi connectivity index (χ1v) is 9.77. The molecule has 0 aromatic heterocycles. The van der Waals surface area contributed by atoms with Crippen LogP contribution in [0.4, 0.5) is 0 Å². The summed E-state index contributed by atoms with van der Waals surface area (Å²) in [5.41, 5.74) is 9.44. The van der Waals surface area contributed by atoms with E-state index in [9.17, 15) is 4.79 Å². The van der Waals surface area contributed by atoms with Gasteiger partial charge in [-0.2, -0.15) is 0 Å². The van der Waals surface area contributed by atoms with Gasteiger partial charge < -0.3 is 15.6 Å². The lowest BCUT2D eigenvalue weighted by atomic mass is 9.92. The molecule has 3 rings (SSSR count). The largest absolute Gasteiger partial charge is 0.493 e. The number of carbonyl (C=O) groups is 1. The number of fused-ring (bicyclic) bond motifs is 3. The predicted octanol–water partition coefficient (Wildman–Crippen LogP) is 4.43. The van der Waals surface area contributed by atoms with Crippen molar-refractivity contribution in [2.24, 2.45) is 5.73 Å². The van der Waals surface area contributed by atoms with Crippen molar-refractivity contribution in [3.63, 3.8) is 0 Å². The smallest absolute Gasteiger partial charge is 0.303 e. The van der Waals surface area contributed by atoms with Crippen LogP contribution in [0.5, 0.6) is 5.75 Å². The maximum atomic E-state index is 10.8. The highest BCUT2D eigenvalue weighted by Gasteiger charge is 2.30. The molecule has 140 valence electrons. The van der Waals surface area contributed by atoms with Crippen molar-refractivity contribution in [3.8, 4) is 5.75 Å². The van der Waals surface area contributed by atoms with Crippen LogP contribution in [0.25, 0.3) is 0 Å². The minimum Gasteiger partial charge on any atom is -0.493 e. The average Bonchev–Trinajstić information content (AvgIpc) is 3.18. The Labute approximate surface area is 151 Å². The zero-order valence-electron chi connectivity index (χ0n) is 15.7. The van der Waals surface area contributed by atoms with Crippen LogP contribution < -0.4 is 10.5 Å². The van der Waals surface area contributed by atoms with E-state index in [0.29, 0.717) is 6.04 Å². The number of aryl methyl sites for hydroxylation is 1. The van der Waals surface area contributed by atoms with Gasteiger partial charge in [0.05, 0.1) is 13.0 Å². The van der Waals surface area contributed by atoms with Crippen LogP contribution in [-0.2, 0) is 17.6 Å². The van der Waals surface area contributed by atoms with Gasteiger partial charge in [0.15, 0.2) is 0 Å². The summed E-state index contributed by atoms with van der Waals surface area (Å²) in [6.07, 6.45) is 9.73. The Kier molecular flexibility index (Phi) is 7.76. The molecule has 3 N–H and O–H groups in total. The summed E-state index contributed by atoms with van der Waals surface area (Å²) in [6.45, 7) is 5.05. The minimum atomic E-state index is -0.700. The Morgan fingerprint density at radius 2 is 2.12 bits per heavy atom. The first-order chi connectivity index (χ1) is 12.0. The molecule has 2 aliphatic rings. The quantitative estimate of drug-likeness (QED) is 0.716. The Morgan fingerprint density at radius 1 is 1.32 bits per heavy atom. The maximum absolute atomic E-state index is 10.8. The number of hydrogen-bond acceptors (Lipinski definition) is 3. The summed E-state index contributed by atoms with van der Waals surface area (Å²) < 4.78 is 5.53. The molecule has 1 aromatic carbocycles. The number of aliphatic carboxylic acids is 1. The Morgan fingerprint density at radius 3 is 2.80 bits per heavy atom. The highest BCUT2D eigenvalue weighted by Crippen LogP contribution is 2.43. The van der Waals surface area contributed by atoms with Gasteiger partial charge >= 0.3 is 5.97 Å². The lowest BCUT2D eigenvalue weighted by Crippen LogP contribution is -2.13. The summed E-state index contributed by atoms with van der Waals surface area (Å²) in [7, 11) is 0. The fourth-order valence-corrected chi connectivity index (χ4v) is 3.86. The van der Waals surface area contributed by atoms with E-state index >= 15 is 0 Å². The molecular formula is C21H33NO3. The fourth-order valence-electron chi connectivity index (χ4n) is 3.86. The van der Waals surface area contributed by atoms with Crippen LogP contribution in [0, 0.1) is 0 Å². The van der Waals surface area contributed by atoms with Gasteiger partial charge in [-0.3, -0.25) is 4.79 Å². The predicted molar refractivity (Wildman–Crippen MR) is 101 cm³/mol. The van der Waals surface area contributed by atoms with E-state index in [1.54, 1.807) is 0 Å². The highest BCUT2D eigenvalue weighted by molar-refractivity contribution is 5.69. The van der Waals surface area contributed by atoms with Gasteiger partial charge in [-0.05, 0) is 49.3 Å². The van der Waals surface area contributed by atoms with Crippen LogP contribution in [0.15, 0.2) is 12.1 Å². The molecule has 1 heterocycles. The lowest BCUT2D eigenvalue weighted by molar-refractivity contribution is -0.137. The minimum absolute atomic E-state index is 0.198. The van der Waals surface area contributed by atoms with E-state index in [4.69, 9.17) is 15.6 Å².